The lowest BCUT2D eigenvalue weighted by molar-refractivity contribution is 0.171. The molecule has 0 bridgehead atoms. The molecule has 2 aliphatic rings. The van der Waals surface area contributed by atoms with Crippen molar-refractivity contribution in [2.24, 2.45) is 5.92 Å². The summed E-state index contributed by atoms with van der Waals surface area (Å²) in [6.07, 6.45) is 2.51. The van der Waals surface area contributed by atoms with Gasteiger partial charge in [-0.3, -0.25) is 0 Å². The first kappa shape index (κ1) is 13.5. The van der Waals surface area contributed by atoms with Gasteiger partial charge in [0.2, 0.25) is 0 Å². The van der Waals surface area contributed by atoms with Gasteiger partial charge in [0.15, 0.2) is 16.6 Å². The summed E-state index contributed by atoms with van der Waals surface area (Å²) in [5.41, 5.74) is 0.956. The van der Waals surface area contributed by atoms with E-state index in [0.29, 0.717) is 19.1 Å². The second-order valence-electron chi connectivity index (χ2n) is 5.48. The molecule has 2 aliphatic heterocycles. The van der Waals surface area contributed by atoms with E-state index in [4.69, 9.17) is 21.7 Å². The van der Waals surface area contributed by atoms with Gasteiger partial charge in [-0.15, -0.1) is 0 Å². The summed E-state index contributed by atoms with van der Waals surface area (Å²) in [5.74, 6) is 2.30. The summed E-state index contributed by atoms with van der Waals surface area (Å²) in [6, 6.07) is 5.86. The van der Waals surface area contributed by atoms with Crippen LogP contribution in [0.15, 0.2) is 18.2 Å². The third kappa shape index (κ3) is 2.98. The summed E-state index contributed by atoms with van der Waals surface area (Å²) in [6.45, 7) is 5.57. The van der Waals surface area contributed by atoms with Crippen molar-refractivity contribution in [3.63, 3.8) is 0 Å². The van der Waals surface area contributed by atoms with Crippen molar-refractivity contribution in [1.82, 2.24) is 4.90 Å². The maximum atomic E-state index is 5.59. The number of thiocarbonyl (C=S) groups is 1. The van der Waals surface area contributed by atoms with Gasteiger partial charge in [-0.05, 0) is 43.1 Å². The Morgan fingerprint density at radius 1 is 1.30 bits per heavy atom. The quantitative estimate of drug-likeness (QED) is 0.805. The SMILES string of the molecule is CC1CCCN(C(=S)Nc2ccc3c(c2)OCCO3)C1. The highest BCUT2D eigenvalue weighted by molar-refractivity contribution is 7.80. The lowest BCUT2D eigenvalue weighted by Gasteiger charge is -2.33. The highest BCUT2D eigenvalue weighted by atomic mass is 32.1. The fraction of sp³-hybridized carbons (Fsp3) is 0.533. The highest BCUT2D eigenvalue weighted by Crippen LogP contribution is 2.32. The number of fused-ring (bicyclic) bond motifs is 1. The molecule has 0 radical (unpaired) electrons. The molecule has 108 valence electrons. The van der Waals surface area contributed by atoms with Gasteiger partial charge in [0, 0.05) is 24.8 Å². The molecular weight excluding hydrogens is 272 g/mol. The van der Waals surface area contributed by atoms with Crippen LogP contribution in [0.3, 0.4) is 0 Å². The molecule has 1 atom stereocenters. The minimum atomic E-state index is 0.602. The Morgan fingerprint density at radius 3 is 2.90 bits per heavy atom. The van der Waals surface area contributed by atoms with E-state index in [0.717, 1.165) is 35.4 Å². The monoisotopic (exact) mass is 292 g/mol. The smallest absolute Gasteiger partial charge is 0.173 e. The third-order valence-electron chi connectivity index (χ3n) is 3.74. The van der Waals surface area contributed by atoms with Crippen LogP contribution in [0, 0.1) is 5.92 Å². The van der Waals surface area contributed by atoms with Gasteiger partial charge in [0.1, 0.15) is 13.2 Å². The normalized spacial score (nSPS) is 21.4. The fourth-order valence-electron chi connectivity index (χ4n) is 2.70. The number of nitrogens with zero attached hydrogens (tertiary/aromatic N) is 1. The first-order valence-electron chi connectivity index (χ1n) is 7.18. The van der Waals surface area contributed by atoms with E-state index in [2.05, 4.69) is 17.1 Å². The third-order valence-corrected chi connectivity index (χ3v) is 4.10. The topological polar surface area (TPSA) is 33.7 Å². The minimum absolute atomic E-state index is 0.602. The molecule has 0 aromatic heterocycles. The maximum Gasteiger partial charge on any atom is 0.173 e. The van der Waals surface area contributed by atoms with Crippen molar-refractivity contribution >= 4 is 23.0 Å². The predicted octanol–water partition coefficient (Wildman–Crippen LogP) is 2.89. The molecular formula is C15H20N2O2S. The van der Waals surface area contributed by atoms with Crippen LogP contribution in [-0.4, -0.2) is 36.3 Å². The molecule has 1 N–H and O–H groups in total. The zero-order valence-electron chi connectivity index (χ0n) is 11.7. The Kier molecular flexibility index (Phi) is 3.96. The van der Waals surface area contributed by atoms with Crippen molar-refractivity contribution in [2.75, 3.05) is 31.6 Å². The van der Waals surface area contributed by atoms with E-state index in [-0.39, 0.29) is 0 Å². The first-order valence-corrected chi connectivity index (χ1v) is 7.59. The molecule has 0 saturated carbocycles. The number of nitrogens with one attached hydrogen (secondary N) is 1. The predicted molar refractivity (Wildman–Crippen MR) is 83.6 cm³/mol. The number of ether oxygens (including phenoxy) is 2. The Morgan fingerprint density at radius 2 is 2.10 bits per heavy atom. The summed E-state index contributed by atoms with van der Waals surface area (Å²) in [5, 5.41) is 4.10. The number of anilines is 1. The molecule has 2 heterocycles. The van der Waals surface area contributed by atoms with Gasteiger partial charge in [-0.2, -0.15) is 0 Å². The second-order valence-corrected chi connectivity index (χ2v) is 5.87. The van der Waals surface area contributed by atoms with Crippen molar-refractivity contribution in [3.8, 4) is 11.5 Å². The Bertz CT molecular complexity index is 507. The summed E-state index contributed by atoms with van der Waals surface area (Å²) in [7, 11) is 0. The van der Waals surface area contributed by atoms with E-state index < -0.39 is 0 Å². The maximum absolute atomic E-state index is 5.59. The van der Waals surface area contributed by atoms with Crippen molar-refractivity contribution in [3.05, 3.63) is 18.2 Å². The van der Waals surface area contributed by atoms with Crippen LogP contribution in [0.25, 0.3) is 0 Å². The van der Waals surface area contributed by atoms with E-state index in [9.17, 15) is 0 Å². The lowest BCUT2D eigenvalue weighted by Crippen LogP contribution is -2.41. The average Bonchev–Trinajstić information content (AvgIpc) is 2.47. The van der Waals surface area contributed by atoms with Gasteiger partial charge < -0.3 is 19.7 Å². The van der Waals surface area contributed by atoms with Gasteiger partial charge >= 0.3 is 0 Å². The molecule has 1 aromatic rings. The van der Waals surface area contributed by atoms with Gasteiger partial charge in [0.05, 0.1) is 0 Å². The number of hydrogen-bond acceptors (Lipinski definition) is 3. The number of rotatable bonds is 1. The average molecular weight is 292 g/mol. The van der Waals surface area contributed by atoms with Crippen LogP contribution in [0.5, 0.6) is 11.5 Å². The first-order chi connectivity index (χ1) is 9.72. The van der Waals surface area contributed by atoms with Crippen LogP contribution in [0.4, 0.5) is 5.69 Å². The zero-order chi connectivity index (χ0) is 13.9. The number of hydrogen-bond donors (Lipinski definition) is 1. The number of benzene rings is 1. The van der Waals surface area contributed by atoms with Crippen molar-refractivity contribution in [2.45, 2.75) is 19.8 Å². The Labute approximate surface area is 125 Å². The summed E-state index contributed by atoms with van der Waals surface area (Å²) < 4.78 is 11.1. The van der Waals surface area contributed by atoms with Gasteiger partial charge in [0.25, 0.3) is 0 Å². The summed E-state index contributed by atoms with van der Waals surface area (Å²) >= 11 is 5.51. The standard InChI is InChI=1S/C15H20N2O2S/c1-11-3-2-6-17(10-11)15(20)16-12-4-5-13-14(9-12)19-8-7-18-13/h4-5,9,11H,2-3,6-8,10H2,1H3,(H,16,20). The summed E-state index contributed by atoms with van der Waals surface area (Å²) in [4.78, 5) is 2.25. The Balaban J connectivity index is 1.66. The molecule has 20 heavy (non-hydrogen) atoms. The molecule has 3 rings (SSSR count). The van der Waals surface area contributed by atoms with Crippen molar-refractivity contribution < 1.29 is 9.47 Å². The van der Waals surface area contributed by atoms with E-state index in [1.807, 2.05) is 18.2 Å². The molecule has 1 unspecified atom stereocenters. The van der Waals surface area contributed by atoms with E-state index >= 15 is 0 Å². The molecule has 0 spiro atoms. The van der Waals surface area contributed by atoms with Crippen LogP contribution in [0.2, 0.25) is 0 Å². The van der Waals surface area contributed by atoms with Gasteiger partial charge in [-0.25, -0.2) is 0 Å². The molecule has 1 saturated heterocycles. The fourth-order valence-corrected chi connectivity index (χ4v) is 2.98. The molecule has 1 fully saturated rings. The number of likely N-dealkylation sites (tertiary alicyclic amines) is 1. The Hall–Kier alpha value is -1.49. The molecule has 4 nitrogen and oxygen atoms in total. The zero-order valence-corrected chi connectivity index (χ0v) is 12.5. The highest BCUT2D eigenvalue weighted by Gasteiger charge is 2.19. The molecule has 0 aliphatic carbocycles. The van der Waals surface area contributed by atoms with Crippen LogP contribution >= 0.6 is 12.2 Å². The number of piperidine rings is 1. The van der Waals surface area contributed by atoms with E-state index in [1.54, 1.807) is 0 Å². The van der Waals surface area contributed by atoms with Crippen LogP contribution in [-0.2, 0) is 0 Å². The lowest BCUT2D eigenvalue weighted by atomic mass is 10.0. The minimum Gasteiger partial charge on any atom is -0.486 e. The largest absolute Gasteiger partial charge is 0.486 e. The molecule has 5 heteroatoms. The molecule has 0 amide bonds. The second kappa shape index (κ2) is 5.87. The van der Waals surface area contributed by atoms with Crippen LogP contribution < -0.4 is 14.8 Å². The van der Waals surface area contributed by atoms with E-state index in [1.165, 1.54) is 12.8 Å². The van der Waals surface area contributed by atoms with Gasteiger partial charge in [-0.1, -0.05) is 6.92 Å². The van der Waals surface area contributed by atoms with Crippen molar-refractivity contribution in [1.29, 1.82) is 0 Å². The van der Waals surface area contributed by atoms with Crippen LogP contribution in [0.1, 0.15) is 19.8 Å². The molecule has 1 aromatic carbocycles.